The minimum absolute atomic E-state index is 0.00735. The molecule has 0 saturated carbocycles. The summed E-state index contributed by atoms with van der Waals surface area (Å²) in [5, 5.41) is 3.33. The topological polar surface area (TPSA) is 78.7 Å². The van der Waals surface area contributed by atoms with Gasteiger partial charge in [0, 0.05) is 36.9 Å². The number of carbonyl (C=O) groups is 2. The first-order valence-corrected chi connectivity index (χ1v) is 8.70. The summed E-state index contributed by atoms with van der Waals surface area (Å²) < 4.78 is 0. The molecule has 0 bridgehead atoms. The number of hydrogen-bond acceptors (Lipinski definition) is 4. The zero-order valence-electron chi connectivity index (χ0n) is 14.0. The number of nitrogens with one attached hydrogen (secondary N) is 1. The van der Waals surface area contributed by atoms with Crippen LogP contribution in [0.3, 0.4) is 0 Å². The predicted octanol–water partition coefficient (Wildman–Crippen LogP) is 1.23. The monoisotopic (exact) mass is 352 g/mol. The maximum Gasteiger partial charge on any atom is 0.242 e. The molecule has 1 fully saturated rings. The molecule has 132 valence electrons. The third-order valence-electron chi connectivity index (χ3n) is 4.16. The SMILES string of the molecule is CCCC(N)C(=O)NCC(=O)N1CCN(c2cccc(Cl)c2)CC1. The molecule has 1 aromatic carbocycles. The zero-order valence-corrected chi connectivity index (χ0v) is 14.8. The molecule has 1 aliphatic rings. The molecule has 1 unspecified atom stereocenters. The Balaban J connectivity index is 1.77. The maximum atomic E-state index is 12.2. The number of piperazine rings is 1. The van der Waals surface area contributed by atoms with Gasteiger partial charge in [-0.1, -0.05) is 31.0 Å². The van der Waals surface area contributed by atoms with Crippen molar-refractivity contribution in [3.05, 3.63) is 29.3 Å². The molecule has 1 saturated heterocycles. The summed E-state index contributed by atoms with van der Waals surface area (Å²) in [4.78, 5) is 27.9. The van der Waals surface area contributed by atoms with E-state index in [9.17, 15) is 9.59 Å². The second-order valence-electron chi connectivity index (χ2n) is 5.96. The minimum Gasteiger partial charge on any atom is -0.368 e. The van der Waals surface area contributed by atoms with Gasteiger partial charge in [-0.15, -0.1) is 0 Å². The van der Waals surface area contributed by atoms with Gasteiger partial charge in [0.05, 0.1) is 12.6 Å². The summed E-state index contributed by atoms with van der Waals surface area (Å²) in [6.45, 7) is 4.72. The van der Waals surface area contributed by atoms with E-state index >= 15 is 0 Å². The molecule has 3 N–H and O–H groups in total. The molecule has 1 aromatic rings. The van der Waals surface area contributed by atoms with Crippen LogP contribution >= 0.6 is 11.6 Å². The Bertz CT molecular complexity index is 573. The van der Waals surface area contributed by atoms with E-state index in [1.54, 1.807) is 4.90 Å². The summed E-state index contributed by atoms with van der Waals surface area (Å²) in [5.41, 5.74) is 6.80. The van der Waals surface area contributed by atoms with Crippen LogP contribution in [-0.4, -0.2) is 55.5 Å². The molecular weight excluding hydrogens is 328 g/mol. The number of anilines is 1. The summed E-state index contributed by atoms with van der Waals surface area (Å²) in [7, 11) is 0. The Morgan fingerprint density at radius 1 is 1.29 bits per heavy atom. The van der Waals surface area contributed by atoms with Gasteiger partial charge in [0.1, 0.15) is 0 Å². The maximum absolute atomic E-state index is 12.2. The number of nitrogens with zero attached hydrogens (tertiary/aromatic N) is 2. The van der Waals surface area contributed by atoms with E-state index in [0.29, 0.717) is 24.5 Å². The van der Waals surface area contributed by atoms with Gasteiger partial charge < -0.3 is 20.9 Å². The highest BCUT2D eigenvalue weighted by atomic mass is 35.5. The van der Waals surface area contributed by atoms with Crippen LogP contribution in [0.2, 0.25) is 5.02 Å². The largest absolute Gasteiger partial charge is 0.368 e. The molecule has 1 aliphatic heterocycles. The highest BCUT2D eigenvalue weighted by molar-refractivity contribution is 6.30. The Labute approximate surface area is 147 Å². The van der Waals surface area contributed by atoms with Crippen molar-refractivity contribution in [2.45, 2.75) is 25.8 Å². The van der Waals surface area contributed by atoms with Crippen LogP contribution < -0.4 is 16.0 Å². The van der Waals surface area contributed by atoms with Gasteiger partial charge in [-0.3, -0.25) is 9.59 Å². The Morgan fingerprint density at radius 3 is 2.62 bits per heavy atom. The first-order valence-electron chi connectivity index (χ1n) is 8.33. The molecule has 0 spiro atoms. The highest BCUT2D eigenvalue weighted by Gasteiger charge is 2.22. The zero-order chi connectivity index (χ0) is 17.5. The third-order valence-corrected chi connectivity index (χ3v) is 4.39. The molecule has 0 radical (unpaired) electrons. The van der Waals surface area contributed by atoms with Gasteiger partial charge in [0.25, 0.3) is 0 Å². The minimum atomic E-state index is -0.539. The van der Waals surface area contributed by atoms with E-state index in [1.165, 1.54) is 0 Å². The van der Waals surface area contributed by atoms with E-state index in [2.05, 4.69) is 10.2 Å². The molecule has 1 atom stereocenters. The van der Waals surface area contributed by atoms with Crippen LogP contribution in [0.5, 0.6) is 0 Å². The van der Waals surface area contributed by atoms with E-state index < -0.39 is 6.04 Å². The molecule has 2 amide bonds. The van der Waals surface area contributed by atoms with Crippen LogP contribution in [0.4, 0.5) is 5.69 Å². The van der Waals surface area contributed by atoms with Crippen LogP contribution in [0.1, 0.15) is 19.8 Å². The first-order chi connectivity index (χ1) is 11.5. The second-order valence-corrected chi connectivity index (χ2v) is 6.40. The van der Waals surface area contributed by atoms with Crippen molar-refractivity contribution in [2.75, 3.05) is 37.6 Å². The lowest BCUT2D eigenvalue weighted by molar-refractivity contribution is -0.133. The molecule has 0 aliphatic carbocycles. The third kappa shape index (κ3) is 5.11. The van der Waals surface area contributed by atoms with E-state index in [-0.39, 0.29) is 18.4 Å². The van der Waals surface area contributed by atoms with Gasteiger partial charge in [-0.05, 0) is 24.6 Å². The van der Waals surface area contributed by atoms with Crippen molar-refractivity contribution in [3.63, 3.8) is 0 Å². The Morgan fingerprint density at radius 2 is 2.00 bits per heavy atom. The van der Waals surface area contributed by atoms with Crippen molar-refractivity contribution in [1.82, 2.24) is 10.2 Å². The summed E-state index contributed by atoms with van der Waals surface area (Å²) in [6, 6.07) is 7.16. The predicted molar refractivity (Wildman–Crippen MR) is 96.1 cm³/mol. The lowest BCUT2D eigenvalue weighted by Gasteiger charge is -2.36. The Kier molecular flexibility index (Phi) is 6.87. The van der Waals surface area contributed by atoms with Crippen molar-refractivity contribution in [1.29, 1.82) is 0 Å². The van der Waals surface area contributed by atoms with Crippen LogP contribution in [0, 0.1) is 0 Å². The number of hydrogen-bond donors (Lipinski definition) is 2. The Hall–Kier alpha value is -1.79. The molecule has 1 heterocycles. The smallest absolute Gasteiger partial charge is 0.242 e. The summed E-state index contributed by atoms with van der Waals surface area (Å²) in [5.74, 6) is -0.333. The quantitative estimate of drug-likeness (QED) is 0.807. The molecule has 24 heavy (non-hydrogen) atoms. The van der Waals surface area contributed by atoms with E-state index in [0.717, 1.165) is 25.2 Å². The number of nitrogens with two attached hydrogens (primary N) is 1. The van der Waals surface area contributed by atoms with Crippen molar-refractivity contribution >= 4 is 29.1 Å². The normalized spacial score (nSPS) is 16.0. The molecule has 6 nitrogen and oxygen atoms in total. The summed E-state index contributed by atoms with van der Waals surface area (Å²) >= 11 is 6.02. The lowest BCUT2D eigenvalue weighted by atomic mass is 10.2. The molecular formula is C17H25ClN4O2. The first kappa shape index (κ1) is 18.5. The highest BCUT2D eigenvalue weighted by Crippen LogP contribution is 2.20. The van der Waals surface area contributed by atoms with E-state index in [4.69, 9.17) is 17.3 Å². The number of benzene rings is 1. The van der Waals surface area contributed by atoms with Crippen molar-refractivity contribution in [3.8, 4) is 0 Å². The van der Waals surface area contributed by atoms with Gasteiger partial charge >= 0.3 is 0 Å². The number of halogens is 1. The fraction of sp³-hybridized carbons (Fsp3) is 0.529. The van der Waals surface area contributed by atoms with E-state index in [1.807, 2.05) is 31.2 Å². The number of carbonyl (C=O) groups excluding carboxylic acids is 2. The lowest BCUT2D eigenvalue weighted by Crippen LogP contribution is -2.52. The van der Waals surface area contributed by atoms with Gasteiger partial charge in [0.15, 0.2) is 0 Å². The number of rotatable bonds is 6. The standard InChI is InChI=1S/C17H25ClN4O2/c1-2-4-15(19)17(24)20-12-16(23)22-9-7-21(8-10-22)14-6-3-5-13(18)11-14/h3,5-6,11,15H,2,4,7-10,12,19H2,1H3,(H,20,24). The molecule has 7 heteroatoms. The summed E-state index contributed by atoms with van der Waals surface area (Å²) in [6.07, 6.45) is 1.46. The van der Waals surface area contributed by atoms with Crippen molar-refractivity contribution in [2.24, 2.45) is 5.73 Å². The fourth-order valence-electron chi connectivity index (χ4n) is 2.73. The van der Waals surface area contributed by atoms with Crippen LogP contribution in [0.15, 0.2) is 24.3 Å². The molecule has 2 rings (SSSR count). The van der Waals surface area contributed by atoms with Crippen LogP contribution in [-0.2, 0) is 9.59 Å². The average molecular weight is 353 g/mol. The van der Waals surface area contributed by atoms with Gasteiger partial charge in [-0.2, -0.15) is 0 Å². The second kappa shape index (κ2) is 8.89. The fourth-order valence-corrected chi connectivity index (χ4v) is 2.92. The average Bonchev–Trinajstić information content (AvgIpc) is 2.59. The van der Waals surface area contributed by atoms with Gasteiger partial charge in [0.2, 0.25) is 11.8 Å². The van der Waals surface area contributed by atoms with Crippen LogP contribution in [0.25, 0.3) is 0 Å². The number of amides is 2. The van der Waals surface area contributed by atoms with Gasteiger partial charge in [-0.25, -0.2) is 0 Å². The molecule has 0 aromatic heterocycles. The van der Waals surface area contributed by atoms with Crippen molar-refractivity contribution < 1.29 is 9.59 Å².